The number of fused-ring (bicyclic) bond motifs is 1. The van der Waals surface area contributed by atoms with Crippen LogP contribution in [0.4, 0.5) is 5.69 Å². The number of piperidine rings is 1. The number of carbonyl (C=O) groups excluding carboxylic acids is 1. The lowest BCUT2D eigenvalue weighted by molar-refractivity contribution is -0.135. The molecule has 5 N–H and O–H groups in total. The second kappa shape index (κ2) is 13.1. The first-order chi connectivity index (χ1) is 17.2. The lowest BCUT2D eigenvalue weighted by atomic mass is 10.0. The van der Waals surface area contributed by atoms with Crippen molar-refractivity contribution in [3.8, 4) is 5.75 Å². The number of halogens is 2. The number of hydrogen-bond donors (Lipinski definition) is 4. The van der Waals surface area contributed by atoms with Crippen molar-refractivity contribution >= 4 is 64.8 Å². The maximum absolute atomic E-state index is 13.4. The molecule has 9 nitrogen and oxygen atoms in total. The summed E-state index contributed by atoms with van der Waals surface area (Å²) < 4.78 is 6.08. The molecular weight excluding hydrogens is 529 g/mol. The number of ether oxygens (including phenoxy) is 1. The molecule has 38 heavy (non-hydrogen) atoms. The Kier molecular flexibility index (Phi) is 10.5. The summed E-state index contributed by atoms with van der Waals surface area (Å²) >= 11 is 0. The number of carbonyl (C=O) groups is 2. The van der Waals surface area contributed by atoms with E-state index in [1.54, 1.807) is 61.5 Å². The number of rotatable bonds is 7. The van der Waals surface area contributed by atoms with Crippen LogP contribution in [-0.2, 0) is 4.79 Å². The van der Waals surface area contributed by atoms with E-state index >= 15 is 0 Å². The number of nitrogen functional groups attached to an aromatic ring is 1. The molecule has 1 amide bonds. The number of amides is 1. The predicted octanol–water partition coefficient (Wildman–Crippen LogP) is 4.54. The van der Waals surface area contributed by atoms with Crippen molar-refractivity contribution in [3.05, 3.63) is 71.8 Å². The number of anilines is 1. The van der Waals surface area contributed by atoms with E-state index in [9.17, 15) is 14.7 Å². The van der Waals surface area contributed by atoms with Crippen molar-refractivity contribution in [1.82, 2.24) is 4.90 Å². The lowest BCUT2D eigenvalue weighted by Gasteiger charge is -2.32. The molecule has 0 bridgehead atoms. The molecule has 3 aromatic carbocycles. The lowest BCUT2D eigenvalue weighted by Crippen LogP contribution is -2.40. The second-order valence-corrected chi connectivity index (χ2v) is 8.86. The molecule has 1 fully saturated rings. The van der Waals surface area contributed by atoms with Crippen LogP contribution in [0.2, 0.25) is 0 Å². The van der Waals surface area contributed by atoms with Crippen LogP contribution in [0.25, 0.3) is 10.8 Å². The van der Waals surface area contributed by atoms with E-state index in [1.807, 2.05) is 11.0 Å². The fourth-order valence-corrected chi connectivity index (χ4v) is 4.32. The normalized spacial score (nSPS) is 13.1. The molecule has 0 spiro atoms. The first-order valence-electron chi connectivity index (χ1n) is 11.7. The zero-order valence-electron chi connectivity index (χ0n) is 20.8. The van der Waals surface area contributed by atoms with Crippen LogP contribution in [-0.4, -0.2) is 59.3 Å². The van der Waals surface area contributed by atoms with Gasteiger partial charge in [-0.3, -0.25) is 25.3 Å². The Balaban J connectivity index is 0.00000253. The summed E-state index contributed by atoms with van der Waals surface area (Å²) in [5.74, 6) is -0.438. The van der Waals surface area contributed by atoms with Gasteiger partial charge >= 0.3 is 5.97 Å². The zero-order chi connectivity index (χ0) is 25.8. The van der Waals surface area contributed by atoms with Gasteiger partial charge in [0.15, 0.2) is 0 Å². The molecule has 0 aliphatic carbocycles. The minimum atomic E-state index is -1.13. The van der Waals surface area contributed by atoms with E-state index in [2.05, 4.69) is 0 Å². The summed E-state index contributed by atoms with van der Waals surface area (Å²) in [7, 11) is 0. The van der Waals surface area contributed by atoms with Gasteiger partial charge in [-0.1, -0.05) is 18.2 Å². The van der Waals surface area contributed by atoms with Gasteiger partial charge in [0, 0.05) is 42.7 Å². The van der Waals surface area contributed by atoms with Crippen LogP contribution in [0.15, 0.2) is 60.7 Å². The first-order valence-corrected chi connectivity index (χ1v) is 11.7. The summed E-state index contributed by atoms with van der Waals surface area (Å²) in [5.41, 5.74) is 6.92. The second-order valence-electron chi connectivity index (χ2n) is 8.86. The molecule has 0 saturated carbocycles. The number of nitrogens with one attached hydrogen (secondary N) is 2. The number of hydrogen-bond acceptors (Lipinski definition) is 5. The van der Waals surface area contributed by atoms with Gasteiger partial charge in [-0.05, 0) is 60.2 Å². The Morgan fingerprint density at radius 2 is 1.55 bits per heavy atom. The highest BCUT2D eigenvalue weighted by Crippen LogP contribution is 2.25. The maximum Gasteiger partial charge on any atom is 0.323 e. The summed E-state index contributed by atoms with van der Waals surface area (Å²) in [5, 5.41) is 26.5. The van der Waals surface area contributed by atoms with E-state index < -0.39 is 18.4 Å². The molecular formula is C27H31Cl2N5O4. The van der Waals surface area contributed by atoms with Gasteiger partial charge in [-0.2, -0.15) is 0 Å². The van der Waals surface area contributed by atoms with Crippen molar-refractivity contribution in [1.29, 1.82) is 10.8 Å². The molecule has 1 saturated heterocycles. The largest absolute Gasteiger partial charge is 0.490 e. The van der Waals surface area contributed by atoms with E-state index in [-0.39, 0.29) is 36.8 Å². The number of benzene rings is 3. The monoisotopic (exact) mass is 559 g/mol. The molecule has 0 aromatic heterocycles. The van der Waals surface area contributed by atoms with Gasteiger partial charge in [-0.25, -0.2) is 0 Å². The van der Waals surface area contributed by atoms with Crippen molar-refractivity contribution in [2.75, 3.05) is 24.5 Å². The number of nitrogens with two attached hydrogens (primary N) is 1. The fourth-order valence-electron chi connectivity index (χ4n) is 4.32. The summed E-state index contributed by atoms with van der Waals surface area (Å²) in [6, 6.07) is 17.3. The Labute approximate surface area is 233 Å². The van der Waals surface area contributed by atoms with Crippen LogP contribution < -0.4 is 15.4 Å². The van der Waals surface area contributed by atoms with E-state index in [4.69, 9.17) is 21.3 Å². The number of carboxylic acids is 1. The third-order valence-corrected chi connectivity index (χ3v) is 6.30. The predicted molar refractivity (Wildman–Crippen MR) is 154 cm³/mol. The van der Waals surface area contributed by atoms with Gasteiger partial charge in [0.1, 0.15) is 24.2 Å². The van der Waals surface area contributed by atoms with E-state index in [0.717, 1.165) is 36.7 Å². The van der Waals surface area contributed by atoms with Gasteiger partial charge < -0.3 is 20.5 Å². The van der Waals surface area contributed by atoms with Gasteiger partial charge in [0.05, 0.1) is 5.84 Å². The van der Waals surface area contributed by atoms with E-state index in [1.165, 1.54) is 4.90 Å². The number of nitrogens with zero attached hydrogens (tertiary/aromatic N) is 2. The van der Waals surface area contributed by atoms with Crippen LogP contribution in [0, 0.1) is 10.8 Å². The Morgan fingerprint density at radius 1 is 0.974 bits per heavy atom. The minimum absolute atomic E-state index is 0. The number of carboxylic acid groups (broad SMARTS) is 1. The van der Waals surface area contributed by atoms with Crippen LogP contribution in [0.5, 0.6) is 5.75 Å². The van der Waals surface area contributed by atoms with Gasteiger partial charge in [0.2, 0.25) is 0 Å². The summed E-state index contributed by atoms with van der Waals surface area (Å²) in [4.78, 5) is 28.2. The highest BCUT2D eigenvalue weighted by atomic mass is 35.5. The highest BCUT2D eigenvalue weighted by molar-refractivity contribution is 6.10. The fraction of sp³-hybridized carbons (Fsp3) is 0.259. The van der Waals surface area contributed by atoms with Gasteiger partial charge in [0.25, 0.3) is 5.91 Å². The molecule has 1 aliphatic heterocycles. The third kappa shape index (κ3) is 7.14. The molecule has 202 valence electrons. The Bertz CT molecular complexity index is 1320. The number of aliphatic carboxylic acids is 1. The van der Waals surface area contributed by atoms with Crippen LogP contribution in [0.1, 0.15) is 35.7 Å². The summed E-state index contributed by atoms with van der Waals surface area (Å²) in [6.07, 6.45) is 1.67. The SMILES string of the molecule is CC(=N)N1CCC(Oc2ccc(N(CC(=O)O)C(=O)c3ccc4ccc(C(=N)N)cc4c3)cc2)CC1.Cl.Cl. The maximum atomic E-state index is 13.4. The number of likely N-dealkylation sites (tertiary alicyclic amines) is 1. The first kappa shape index (κ1) is 30.4. The minimum Gasteiger partial charge on any atom is -0.490 e. The molecule has 1 heterocycles. The molecule has 0 atom stereocenters. The van der Waals surface area contributed by atoms with Crippen molar-refractivity contribution < 1.29 is 19.4 Å². The Morgan fingerprint density at radius 3 is 2.11 bits per heavy atom. The quantitative estimate of drug-likeness (QED) is 0.247. The average Bonchev–Trinajstić information content (AvgIpc) is 2.87. The molecule has 3 aromatic rings. The van der Waals surface area contributed by atoms with Crippen LogP contribution >= 0.6 is 24.8 Å². The van der Waals surface area contributed by atoms with Crippen molar-refractivity contribution in [2.24, 2.45) is 5.73 Å². The molecule has 0 radical (unpaired) electrons. The third-order valence-electron chi connectivity index (χ3n) is 6.30. The van der Waals surface area contributed by atoms with Gasteiger partial charge in [-0.15, -0.1) is 24.8 Å². The molecule has 1 aliphatic rings. The molecule has 4 rings (SSSR count). The van der Waals surface area contributed by atoms with Crippen molar-refractivity contribution in [3.63, 3.8) is 0 Å². The highest BCUT2D eigenvalue weighted by Gasteiger charge is 2.23. The van der Waals surface area contributed by atoms with Crippen LogP contribution in [0.3, 0.4) is 0 Å². The summed E-state index contributed by atoms with van der Waals surface area (Å²) in [6.45, 7) is 2.84. The Hall–Kier alpha value is -3.82. The molecule has 0 unspecified atom stereocenters. The average molecular weight is 560 g/mol. The smallest absolute Gasteiger partial charge is 0.323 e. The van der Waals surface area contributed by atoms with Crippen molar-refractivity contribution in [2.45, 2.75) is 25.9 Å². The van der Waals surface area contributed by atoms with E-state index in [0.29, 0.717) is 28.4 Å². The molecule has 11 heteroatoms. The zero-order valence-corrected chi connectivity index (χ0v) is 22.5. The number of amidine groups is 2. The standard InChI is InChI=1S/C27H29N5O4.2ClH/c1-17(28)31-12-10-24(11-13-31)36-23-8-6-22(7-9-23)32(16-25(33)34)27(35)20-5-3-18-2-4-19(26(29)30)14-21(18)15-20;;/h2-9,14-15,24,28H,10-13,16H2,1H3,(H3,29,30)(H,33,34);2*1H. The topological polar surface area (TPSA) is 144 Å².